The second kappa shape index (κ2) is 9.07. The molecule has 2 aromatic carbocycles. The monoisotopic (exact) mass is 431 g/mol. The molecule has 0 unspecified atom stereocenters. The van der Waals surface area contributed by atoms with E-state index in [-0.39, 0.29) is 5.78 Å². The number of nitrogens with zero attached hydrogens (tertiary/aromatic N) is 3. The number of aromatic nitrogens is 2. The van der Waals surface area contributed by atoms with Crippen molar-refractivity contribution in [2.24, 2.45) is 5.92 Å². The minimum Gasteiger partial charge on any atom is -0.497 e. The summed E-state index contributed by atoms with van der Waals surface area (Å²) >= 11 is 0. The van der Waals surface area contributed by atoms with Gasteiger partial charge in [-0.25, -0.2) is 4.98 Å². The van der Waals surface area contributed by atoms with Crippen molar-refractivity contribution in [1.29, 1.82) is 0 Å². The second-order valence-corrected chi connectivity index (χ2v) is 9.42. The number of carbonyl (C=O) groups is 1. The Hall–Kier alpha value is -2.66. The van der Waals surface area contributed by atoms with Crippen molar-refractivity contribution in [3.8, 4) is 5.75 Å². The van der Waals surface area contributed by atoms with Crippen LogP contribution in [0.5, 0.6) is 5.75 Å². The Kier molecular flexibility index (Phi) is 6.01. The fraction of sp³-hybridized carbons (Fsp3) is 0.481. The first-order chi connectivity index (χ1) is 15.6. The summed E-state index contributed by atoms with van der Waals surface area (Å²) in [5, 5.41) is 0. The fourth-order valence-corrected chi connectivity index (χ4v) is 5.69. The molecule has 0 amide bonds. The van der Waals surface area contributed by atoms with Crippen molar-refractivity contribution in [1.82, 2.24) is 14.5 Å². The lowest BCUT2D eigenvalue weighted by Gasteiger charge is -2.44. The van der Waals surface area contributed by atoms with Crippen LogP contribution in [0.15, 0.2) is 42.5 Å². The van der Waals surface area contributed by atoms with Crippen LogP contribution in [0.25, 0.3) is 11.0 Å². The molecule has 0 bridgehead atoms. The zero-order chi connectivity index (χ0) is 22.1. The molecule has 2 saturated heterocycles. The summed E-state index contributed by atoms with van der Waals surface area (Å²) in [4.78, 5) is 19.7. The van der Waals surface area contributed by atoms with Crippen LogP contribution in [0.3, 0.4) is 0 Å². The number of Topliss-reactive ketones (excluding diaryl/α,β-unsaturated/α-hetero) is 1. The van der Waals surface area contributed by atoms with Crippen LogP contribution in [0, 0.1) is 5.92 Å². The molecular formula is C27H33N3O2. The molecule has 0 aliphatic carbocycles. The van der Waals surface area contributed by atoms with Gasteiger partial charge in [-0.3, -0.25) is 4.79 Å². The van der Waals surface area contributed by atoms with E-state index in [2.05, 4.69) is 27.7 Å². The van der Waals surface area contributed by atoms with Crippen molar-refractivity contribution < 1.29 is 9.53 Å². The molecule has 1 aromatic heterocycles. The maximum Gasteiger partial charge on any atom is 0.159 e. The summed E-state index contributed by atoms with van der Waals surface area (Å²) in [6, 6.07) is 15.0. The van der Waals surface area contributed by atoms with E-state index in [0.29, 0.717) is 12.0 Å². The van der Waals surface area contributed by atoms with E-state index in [4.69, 9.17) is 9.72 Å². The van der Waals surface area contributed by atoms with Crippen LogP contribution >= 0.6 is 0 Å². The van der Waals surface area contributed by atoms with Gasteiger partial charge in [0.2, 0.25) is 0 Å². The topological polar surface area (TPSA) is 47.4 Å². The van der Waals surface area contributed by atoms with Gasteiger partial charge < -0.3 is 14.2 Å². The summed E-state index contributed by atoms with van der Waals surface area (Å²) in [7, 11) is 1.69. The van der Waals surface area contributed by atoms with Crippen molar-refractivity contribution in [2.75, 3.05) is 20.2 Å². The van der Waals surface area contributed by atoms with Gasteiger partial charge in [-0.05, 0) is 87.5 Å². The number of imidazole rings is 1. The van der Waals surface area contributed by atoms with E-state index in [1.54, 1.807) is 14.0 Å². The molecule has 0 saturated carbocycles. The van der Waals surface area contributed by atoms with E-state index in [9.17, 15) is 4.79 Å². The minimum atomic E-state index is 0.0864. The number of methoxy groups -OCH3 is 1. The third-order valence-electron chi connectivity index (χ3n) is 7.40. The van der Waals surface area contributed by atoms with Crippen LogP contribution in [0.4, 0.5) is 0 Å². The highest BCUT2D eigenvalue weighted by atomic mass is 16.5. The Morgan fingerprint density at radius 2 is 1.88 bits per heavy atom. The molecule has 5 heteroatoms. The lowest BCUT2D eigenvalue weighted by molar-refractivity contribution is 0.0521. The number of hydrogen-bond donors (Lipinski definition) is 0. The van der Waals surface area contributed by atoms with E-state index in [1.165, 1.54) is 50.8 Å². The van der Waals surface area contributed by atoms with Gasteiger partial charge in [0.05, 0.1) is 18.1 Å². The SMILES string of the molecule is COc1ccc(Cc2nc3cc(C(C)=O)ccc3n2C[C@@H]2CCCN3CCCC[C@H]23)cc1. The van der Waals surface area contributed by atoms with Gasteiger partial charge in [0.1, 0.15) is 11.6 Å². The lowest BCUT2D eigenvalue weighted by Crippen LogP contribution is -2.49. The summed E-state index contributed by atoms with van der Waals surface area (Å²) in [5.41, 5.74) is 4.02. The van der Waals surface area contributed by atoms with Gasteiger partial charge in [-0.1, -0.05) is 18.6 Å². The Morgan fingerprint density at radius 1 is 1.06 bits per heavy atom. The molecule has 2 fully saturated rings. The summed E-state index contributed by atoms with van der Waals surface area (Å²) in [6.07, 6.45) is 7.36. The maximum absolute atomic E-state index is 12.0. The number of ketones is 1. The number of hydrogen-bond acceptors (Lipinski definition) is 4. The number of piperidine rings is 2. The van der Waals surface area contributed by atoms with Crippen molar-refractivity contribution in [2.45, 2.75) is 58.0 Å². The Bertz CT molecular complexity index is 1100. The van der Waals surface area contributed by atoms with E-state index >= 15 is 0 Å². The zero-order valence-corrected chi connectivity index (χ0v) is 19.2. The molecule has 5 nitrogen and oxygen atoms in total. The van der Waals surface area contributed by atoms with Crippen molar-refractivity contribution in [3.63, 3.8) is 0 Å². The number of ether oxygens (including phenoxy) is 1. The molecular weight excluding hydrogens is 398 g/mol. The first kappa shape index (κ1) is 21.2. The Balaban J connectivity index is 1.50. The van der Waals surface area contributed by atoms with E-state index < -0.39 is 0 Å². The van der Waals surface area contributed by atoms with Gasteiger partial charge in [0, 0.05) is 24.6 Å². The van der Waals surface area contributed by atoms with Crippen molar-refractivity contribution >= 4 is 16.8 Å². The first-order valence-corrected chi connectivity index (χ1v) is 12.0. The molecule has 5 rings (SSSR count). The summed E-state index contributed by atoms with van der Waals surface area (Å²) in [6.45, 7) is 5.14. The van der Waals surface area contributed by atoms with Crippen LogP contribution < -0.4 is 4.74 Å². The van der Waals surface area contributed by atoms with Gasteiger partial charge in [-0.15, -0.1) is 0 Å². The molecule has 2 aliphatic heterocycles. The predicted octanol–water partition coefficient (Wildman–Crippen LogP) is 5.10. The molecule has 0 radical (unpaired) electrons. The van der Waals surface area contributed by atoms with Gasteiger partial charge >= 0.3 is 0 Å². The lowest BCUT2D eigenvalue weighted by atomic mass is 9.83. The summed E-state index contributed by atoms with van der Waals surface area (Å²) < 4.78 is 7.76. The average molecular weight is 432 g/mol. The minimum absolute atomic E-state index is 0.0864. The van der Waals surface area contributed by atoms with Crippen LogP contribution in [0.1, 0.15) is 60.8 Å². The highest BCUT2D eigenvalue weighted by Crippen LogP contribution is 2.33. The maximum atomic E-state index is 12.0. The average Bonchev–Trinajstić information content (AvgIpc) is 3.16. The summed E-state index contributed by atoms with van der Waals surface area (Å²) in [5.74, 6) is 2.69. The van der Waals surface area contributed by atoms with Gasteiger partial charge in [0.25, 0.3) is 0 Å². The zero-order valence-electron chi connectivity index (χ0n) is 19.2. The van der Waals surface area contributed by atoms with Crippen molar-refractivity contribution in [3.05, 3.63) is 59.4 Å². The standard InChI is InChI=1S/C27H33N3O2/c1-19(31)21-10-13-26-24(17-21)28-27(16-20-8-11-23(32-2)12-9-20)30(26)18-22-6-5-15-29-14-4-3-7-25(22)29/h8-13,17,22,25H,3-7,14-16,18H2,1-2H3/t22-,25+/m0/s1. The van der Waals surface area contributed by atoms with E-state index in [0.717, 1.165) is 41.1 Å². The molecule has 2 aliphatic rings. The van der Waals surface area contributed by atoms with Gasteiger partial charge in [-0.2, -0.15) is 0 Å². The molecule has 168 valence electrons. The highest BCUT2D eigenvalue weighted by molar-refractivity contribution is 5.97. The Morgan fingerprint density at radius 3 is 2.66 bits per heavy atom. The van der Waals surface area contributed by atoms with E-state index in [1.807, 2.05) is 24.3 Å². The van der Waals surface area contributed by atoms with Gasteiger partial charge in [0.15, 0.2) is 5.78 Å². The first-order valence-electron chi connectivity index (χ1n) is 12.0. The van der Waals surface area contributed by atoms with Crippen LogP contribution in [-0.4, -0.2) is 46.5 Å². The number of rotatable bonds is 6. The molecule has 3 heterocycles. The smallest absolute Gasteiger partial charge is 0.159 e. The third-order valence-corrected chi connectivity index (χ3v) is 7.40. The Labute approximate surface area is 190 Å². The normalized spacial score (nSPS) is 21.4. The molecule has 32 heavy (non-hydrogen) atoms. The van der Waals surface area contributed by atoms with Crippen LogP contribution in [0.2, 0.25) is 0 Å². The number of fused-ring (bicyclic) bond motifs is 2. The van der Waals surface area contributed by atoms with Crippen LogP contribution in [-0.2, 0) is 13.0 Å². The second-order valence-electron chi connectivity index (χ2n) is 9.42. The third kappa shape index (κ3) is 4.18. The molecule has 2 atom stereocenters. The number of carbonyl (C=O) groups excluding carboxylic acids is 1. The molecule has 3 aromatic rings. The number of benzene rings is 2. The fourth-order valence-electron chi connectivity index (χ4n) is 5.69. The molecule has 0 N–H and O–H groups in total. The quantitative estimate of drug-likeness (QED) is 0.509. The highest BCUT2D eigenvalue weighted by Gasteiger charge is 2.33. The largest absolute Gasteiger partial charge is 0.497 e. The predicted molar refractivity (Wildman–Crippen MR) is 127 cm³/mol. The molecule has 0 spiro atoms.